The number of hydrogen-bond donors (Lipinski definition) is 0. The van der Waals surface area contributed by atoms with Gasteiger partial charge in [-0.3, -0.25) is 0 Å². The van der Waals surface area contributed by atoms with Crippen LogP contribution in [0.4, 0.5) is 0 Å². The summed E-state index contributed by atoms with van der Waals surface area (Å²) in [6.07, 6.45) is 0. The van der Waals surface area contributed by atoms with Crippen molar-refractivity contribution in [1.29, 1.82) is 0 Å². The van der Waals surface area contributed by atoms with Gasteiger partial charge in [-0.1, -0.05) is 158 Å². The van der Waals surface area contributed by atoms with Gasteiger partial charge in [-0.2, -0.15) is 0 Å². The molecule has 0 spiro atoms. The molecule has 1 heterocycles. The largest absolute Gasteiger partial charge is 0.456 e. The standard InChI is InChI=1S/C50H30O/c1-3-13-38-32(10-1)12-9-19-40(38)49-43-17-7-5-15-41(43)48(42-16-6-8-18-44(42)49)34-22-20-31(21-23-34)35-24-25-36-29-45-47(30-37(36)28-35)51-46-27-26-33-11-2-4-14-39(33)50(45)46/h1-30H. The van der Waals surface area contributed by atoms with E-state index in [1.165, 1.54) is 92.6 Å². The SMILES string of the molecule is c1ccc2c(-c3c4ccccc4c(-c4ccc(-c5ccc6cc7c(cc6c5)oc5ccc6ccccc6c57)cc4)c4ccccc34)cccc2c1. The molecule has 51 heavy (non-hydrogen) atoms. The minimum absolute atomic E-state index is 0.923. The van der Waals surface area contributed by atoms with Crippen molar-refractivity contribution in [1.82, 2.24) is 0 Å². The van der Waals surface area contributed by atoms with E-state index in [-0.39, 0.29) is 0 Å². The lowest BCUT2D eigenvalue weighted by Crippen LogP contribution is -1.91. The van der Waals surface area contributed by atoms with Crippen molar-refractivity contribution >= 4 is 75.8 Å². The number of furan rings is 1. The van der Waals surface area contributed by atoms with Gasteiger partial charge in [-0.25, -0.2) is 0 Å². The smallest absolute Gasteiger partial charge is 0.136 e. The third kappa shape index (κ3) is 4.28. The van der Waals surface area contributed by atoms with Crippen molar-refractivity contribution in [3.63, 3.8) is 0 Å². The van der Waals surface area contributed by atoms with Gasteiger partial charge in [0.05, 0.1) is 0 Å². The van der Waals surface area contributed by atoms with Crippen LogP contribution in [-0.4, -0.2) is 0 Å². The molecule has 0 aliphatic carbocycles. The minimum Gasteiger partial charge on any atom is -0.456 e. The Balaban J connectivity index is 1.05. The summed E-state index contributed by atoms with van der Waals surface area (Å²) in [5.74, 6) is 0. The molecule has 11 rings (SSSR count). The lowest BCUT2D eigenvalue weighted by molar-refractivity contribution is 0.670. The van der Waals surface area contributed by atoms with Gasteiger partial charge < -0.3 is 4.42 Å². The van der Waals surface area contributed by atoms with Crippen LogP contribution in [0.25, 0.3) is 109 Å². The molecule has 0 fully saturated rings. The molecule has 1 aromatic heterocycles. The summed E-state index contributed by atoms with van der Waals surface area (Å²) in [5.41, 5.74) is 9.29. The molecule has 11 aromatic rings. The maximum absolute atomic E-state index is 6.41. The Bertz CT molecular complexity index is 3120. The van der Waals surface area contributed by atoms with E-state index in [2.05, 4.69) is 182 Å². The van der Waals surface area contributed by atoms with E-state index in [9.17, 15) is 0 Å². The van der Waals surface area contributed by atoms with Gasteiger partial charge in [0.15, 0.2) is 0 Å². The molecule has 0 bridgehead atoms. The highest BCUT2D eigenvalue weighted by Gasteiger charge is 2.18. The first-order valence-electron chi connectivity index (χ1n) is 17.6. The second-order valence-electron chi connectivity index (χ2n) is 13.6. The van der Waals surface area contributed by atoms with Crippen LogP contribution < -0.4 is 0 Å². The van der Waals surface area contributed by atoms with Crippen molar-refractivity contribution in [2.45, 2.75) is 0 Å². The fourth-order valence-electron chi connectivity index (χ4n) is 8.47. The van der Waals surface area contributed by atoms with E-state index in [0.717, 1.165) is 16.6 Å². The van der Waals surface area contributed by atoms with Crippen molar-refractivity contribution in [2.75, 3.05) is 0 Å². The summed E-state index contributed by atoms with van der Waals surface area (Å²) in [6.45, 7) is 0. The zero-order valence-electron chi connectivity index (χ0n) is 27.7. The quantitative estimate of drug-likeness (QED) is 0.174. The molecule has 0 N–H and O–H groups in total. The second-order valence-corrected chi connectivity index (χ2v) is 13.6. The zero-order chi connectivity index (χ0) is 33.5. The van der Waals surface area contributed by atoms with E-state index in [1.54, 1.807) is 0 Å². The summed E-state index contributed by atoms with van der Waals surface area (Å²) in [5, 5.41) is 14.8. The average Bonchev–Trinajstić information content (AvgIpc) is 3.56. The summed E-state index contributed by atoms with van der Waals surface area (Å²) in [7, 11) is 0. The number of fused-ring (bicyclic) bond motifs is 9. The molecule has 0 amide bonds. The maximum Gasteiger partial charge on any atom is 0.136 e. The predicted octanol–water partition coefficient (Wildman–Crippen LogP) is 14.4. The van der Waals surface area contributed by atoms with E-state index in [0.29, 0.717) is 0 Å². The third-order valence-electron chi connectivity index (χ3n) is 10.8. The van der Waals surface area contributed by atoms with Crippen molar-refractivity contribution in [3.8, 4) is 33.4 Å². The predicted molar refractivity (Wildman–Crippen MR) is 218 cm³/mol. The maximum atomic E-state index is 6.41. The minimum atomic E-state index is 0.923. The van der Waals surface area contributed by atoms with Crippen LogP contribution in [0, 0.1) is 0 Å². The average molecular weight is 647 g/mol. The zero-order valence-corrected chi connectivity index (χ0v) is 27.7. The monoisotopic (exact) mass is 646 g/mol. The molecule has 0 unspecified atom stereocenters. The first kappa shape index (κ1) is 28.2. The van der Waals surface area contributed by atoms with Crippen LogP contribution in [0.5, 0.6) is 0 Å². The summed E-state index contributed by atoms with van der Waals surface area (Å²) in [6, 6.07) is 66.3. The summed E-state index contributed by atoms with van der Waals surface area (Å²) >= 11 is 0. The lowest BCUT2D eigenvalue weighted by Gasteiger charge is -2.19. The number of rotatable bonds is 3. The highest BCUT2D eigenvalue weighted by atomic mass is 16.3. The van der Waals surface area contributed by atoms with Gasteiger partial charge in [0.1, 0.15) is 11.2 Å². The topological polar surface area (TPSA) is 13.1 Å². The molecule has 1 heteroatoms. The first-order chi connectivity index (χ1) is 25.3. The van der Waals surface area contributed by atoms with Crippen molar-refractivity contribution in [2.24, 2.45) is 0 Å². The summed E-state index contributed by atoms with van der Waals surface area (Å²) in [4.78, 5) is 0. The van der Waals surface area contributed by atoms with Gasteiger partial charge in [-0.15, -0.1) is 0 Å². The molecule has 10 aromatic carbocycles. The highest BCUT2D eigenvalue weighted by Crippen LogP contribution is 2.45. The number of benzene rings is 10. The van der Waals surface area contributed by atoms with Crippen LogP contribution in [-0.2, 0) is 0 Å². The van der Waals surface area contributed by atoms with Gasteiger partial charge >= 0.3 is 0 Å². The van der Waals surface area contributed by atoms with Gasteiger partial charge in [0.2, 0.25) is 0 Å². The van der Waals surface area contributed by atoms with Gasteiger partial charge in [0, 0.05) is 10.8 Å². The van der Waals surface area contributed by atoms with E-state index >= 15 is 0 Å². The fourth-order valence-corrected chi connectivity index (χ4v) is 8.47. The Hall–Kier alpha value is -6.70. The molecule has 0 saturated heterocycles. The van der Waals surface area contributed by atoms with E-state index in [1.807, 2.05) is 0 Å². The van der Waals surface area contributed by atoms with Crippen molar-refractivity contribution in [3.05, 3.63) is 182 Å². The summed E-state index contributed by atoms with van der Waals surface area (Å²) < 4.78 is 6.41. The van der Waals surface area contributed by atoms with Gasteiger partial charge in [-0.05, 0) is 112 Å². The molecular weight excluding hydrogens is 617 g/mol. The Morgan fingerprint density at radius 3 is 1.55 bits per heavy atom. The second kappa shape index (κ2) is 10.9. The van der Waals surface area contributed by atoms with E-state index < -0.39 is 0 Å². The molecule has 0 aliphatic rings. The Morgan fingerprint density at radius 1 is 0.275 bits per heavy atom. The van der Waals surface area contributed by atoms with Crippen molar-refractivity contribution < 1.29 is 4.42 Å². The molecular formula is C50H30O. The van der Waals surface area contributed by atoms with Crippen LogP contribution in [0.3, 0.4) is 0 Å². The fraction of sp³-hybridized carbons (Fsp3) is 0. The van der Waals surface area contributed by atoms with E-state index in [4.69, 9.17) is 4.42 Å². The van der Waals surface area contributed by atoms with Gasteiger partial charge in [0.25, 0.3) is 0 Å². The lowest BCUT2D eigenvalue weighted by atomic mass is 9.84. The van der Waals surface area contributed by atoms with Crippen LogP contribution >= 0.6 is 0 Å². The van der Waals surface area contributed by atoms with Crippen LogP contribution in [0.2, 0.25) is 0 Å². The number of hydrogen-bond acceptors (Lipinski definition) is 1. The Labute approximate surface area is 294 Å². The molecule has 1 nitrogen and oxygen atoms in total. The molecule has 0 aliphatic heterocycles. The third-order valence-corrected chi connectivity index (χ3v) is 10.8. The Kier molecular flexibility index (Phi) is 6.02. The molecule has 0 radical (unpaired) electrons. The normalized spacial score (nSPS) is 11.9. The van der Waals surface area contributed by atoms with Crippen LogP contribution in [0.1, 0.15) is 0 Å². The first-order valence-corrected chi connectivity index (χ1v) is 17.6. The molecule has 0 saturated carbocycles. The Morgan fingerprint density at radius 2 is 0.824 bits per heavy atom. The molecule has 236 valence electrons. The van der Waals surface area contributed by atoms with Crippen LogP contribution in [0.15, 0.2) is 186 Å². The highest BCUT2D eigenvalue weighted by molar-refractivity contribution is 6.24. The molecule has 0 atom stereocenters.